The largest absolute Gasteiger partial charge is 0.478 e. The van der Waals surface area contributed by atoms with E-state index in [2.05, 4.69) is 36.5 Å². The number of urea groups is 1. The number of aromatic nitrogens is 2. The van der Waals surface area contributed by atoms with E-state index in [1.165, 1.54) is 12.1 Å². The van der Waals surface area contributed by atoms with Crippen LogP contribution in [0.3, 0.4) is 0 Å². The maximum Gasteiger partial charge on any atom is 0.337 e. The number of nitrogens with one attached hydrogen (secondary N) is 3. The van der Waals surface area contributed by atoms with Gasteiger partial charge in [0.1, 0.15) is 5.82 Å². The number of carbonyl (C=O) groups is 2. The Labute approximate surface area is 122 Å². The zero-order chi connectivity index (χ0) is 14.5. The van der Waals surface area contributed by atoms with Crippen LogP contribution in [0.4, 0.5) is 10.5 Å². The number of hydrogen-bond donors (Lipinski definition) is 4. The molecule has 2 aromatic rings. The predicted molar refractivity (Wildman–Crippen MR) is 75.5 cm³/mol. The highest BCUT2D eigenvalue weighted by Crippen LogP contribution is 2.21. The van der Waals surface area contributed by atoms with Gasteiger partial charge in [0.15, 0.2) is 0 Å². The molecule has 0 atom stereocenters. The molecule has 104 valence electrons. The molecule has 20 heavy (non-hydrogen) atoms. The first-order valence-corrected chi connectivity index (χ1v) is 6.41. The molecule has 2 rings (SSSR count). The Morgan fingerprint density at radius 1 is 1.40 bits per heavy atom. The van der Waals surface area contributed by atoms with E-state index in [-0.39, 0.29) is 17.8 Å². The average molecular weight is 339 g/mol. The molecule has 0 aliphatic carbocycles. The molecular formula is C12H11BrN4O3. The molecule has 0 bridgehead atoms. The summed E-state index contributed by atoms with van der Waals surface area (Å²) in [4.78, 5) is 29.6. The number of hydrogen-bond acceptors (Lipinski definition) is 3. The number of rotatable bonds is 4. The molecule has 0 unspecified atom stereocenters. The van der Waals surface area contributed by atoms with E-state index in [9.17, 15) is 9.59 Å². The minimum absolute atomic E-state index is 0.00697. The lowest BCUT2D eigenvalue weighted by Gasteiger charge is -2.09. The summed E-state index contributed by atoms with van der Waals surface area (Å²) in [7, 11) is 0. The number of carboxylic acids is 1. The van der Waals surface area contributed by atoms with E-state index in [0.29, 0.717) is 10.3 Å². The molecule has 0 saturated heterocycles. The van der Waals surface area contributed by atoms with Crippen molar-refractivity contribution in [2.24, 2.45) is 0 Å². The van der Waals surface area contributed by atoms with Crippen molar-refractivity contribution in [3.05, 3.63) is 46.5 Å². The van der Waals surface area contributed by atoms with Crippen molar-refractivity contribution in [1.29, 1.82) is 0 Å². The number of amides is 2. The van der Waals surface area contributed by atoms with E-state index in [0.717, 1.165) is 0 Å². The van der Waals surface area contributed by atoms with Gasteiger partial charge >= 0.3 is 12.0 Å². The first-order chi connectivity index (χ1) is 9.56. The minimum Gasteiger partial charge on any atom is -0.478 e. The number of H-pyrrole nitrogens is 1. The molecule has 1 aromatic carbocycles. The van der Waals surface area contributed by atoms with Gasteiger partial charge in [0, 0.05) is 16.9 Å². The van der Waals surface area contributed by atoms with Crippen molar-refractivity contribution in [2.75, 3.05) is 5.32 Å². The van der Waals surface area contributed by atoms with Gasteiger partial charge in [-0.1, -0.05) is 15.9 Å². The van der Waals surface area contributed by atoms with E-state index in [1.807, 2.05) is 0 Å². The Morgan fingerprint density at radius 2 is 2.20 bits per heavy atom. The van der Waals surface area contributed by atoms with Gasteiger partial charge in [-0.2, -0.15) is 0 Å². The highest BCUT2D eigenvalue weighted by Gasteiger charge is 2.13. The maximum absolute atomic E-state index is 11.7. The SMILES string of the molecule is O=C(NCc1ncc[nH]1)Nc1ccc(Br)cc1C(=O)O. The second kappa shape index (κ2) is 6.20. The molecule has 0 fully saturated rings. The first kappa shape index (κ1) is 14.1. The normalized spacial score (nSPS) is 10.1. The van der Waals surface area contributed by atoms with Gasteiger partial charge in [-0.3, -0.25) is 0 Å². The van der Waals surface area contributed by atoms with E-state index in [1.54, 1.807) is 18.5 Å². The van der Waals surface area contributed by atoms with Crippen LogP contribution in [0.1, 0.15) is 16.2 Å². The molecule has 1 heterocycles. The number of aromatic amines is 1. The van der Waals surface area contributed by atoms with Gasteiger partial charge in [0.05, 0.1) is 17.8 Å². The van der Waals surface area contributed by atoms with E-state index in [4.69, 9.17) is 5.11 Å². The molecule has 0 aliphatic rings. The summed E-state index contributed by atoms with van der Waals surface area (Å²) in [5.74, 6) is -0.512. The maximum atomic E-state index is 11.7. The Morgan fingerprint density at radius 3 is 2.85 bits per heavy atom. The highest BCUT2D eigenvalue weighted by molar-refractivity contribution is 9.10. The molecular weight excluding hydrogens is 328 g/mol. The van der Waals surface area contributed by atoms with Crippen molar-refractivity contribution < 1.29 is 14.7 Å². The van der Waals surface area contributed by atoms with Crippen LogP contribution in [-0.4, -0.2) is 27.1 Å². The smallest absolute Gasteiger partial charge is 0.337 e. The van der Waals surface area contributed by atoms with Crippen molar-refractivity contribution >= 4 is 33.6 Å². The first-order valence-electron chi connectivity index (χ1n) is 5.62. The fourth-order valence-electron chi connectivity index (χ4n) is 1.53. The lowest BCUT2D eigenvalue weighted by molar-refractivity contribution is 0.0698. The summed E-state index contributed by atoms with van der Waals surface area (Å²) in [5, 5.41) is 14.1. The van der Waals surface area contributed by atoms with Crippen molar-refractivity contribution in [3.8, 4) is 0 Å². The fourth-order valence-corrected chi connectivity index (χ4v) is 1.89. The van der Waals surface area contributed by atoms with Crippen LogP contribution < -0.4 is 10.6 Å². The number of imidazole rings is 1. The summed E-state index contributed by atoms with van der Waals surface area (Å²) in [5.41, 5.74) is 0.227. The lowest BCUT2D eigenvalue weighted by atomic mass is 10.2. The lowest BCUT2D eigenvalue weighted by Crippen LogP contribution is -2.29. The van der Waals surface area contributed by atoms with Gasteiger partial charge in [0.25, 0.3) is 0 Å². The number of aromatic carboxylic acids is 1. The zero-order valence-corrected chi connectivity index (χ0v) is 11.8. The summed E-state index contributed by atoms with van der Waals surface area (Å²) in [6, 6.07) is 4.07. The quantitative estimate of drug-likeness (QED) is 0.685. The van der Waals surface area contributed by atoms with Crippen LogP contribution >= 0.6 is 15.9 Å². The van der Waals surface area contributed by atoms with Gasteiger partial charge in [-0.25, -0.2) is 14.6 Å². The molecule has 0 radical (unpaired) electrons. The number of carbonyl (C=O) groups excluding carboxylic acids is 1. The monoisotopic (exact) mass is 338 g/mol. The van der Waals surface area contributed by atoms with Crippen LogP contribution in [0.2, 0.25) is 0 Å². The molecule has 0 aliphatic heterocycles. The molecule has 7 nitrogen and oxygen atoms in total. The van der Waals surface area contributed by atoms with Crippen molar-refractivity contribution in [3.63, 3.8) is 0 Å². The molecule has 1 aromatic heterocycles. The Hall–Kier alpha value is -2.35. The topological polar surface area (TPSA) is 107 Å². The summed E-state index contributed by atoms with van der Waals surface area (Å²) < 4.78 is 0.622. The Balaban J connectivity index is 2.02. The molecule has 0 saturated carbocycles. The molecule has 4 N–H and O–H groups in total. The van der Waals surface area contributed by atoms with Crippen LogP contribution in [0.15, 0.2) is 35.1 Å². The molecule has 0 spiro atoms. The van der Waals surface area contributed by atoms with Crippen LogP contribution in [-0.2, 0) is 6.54 Å². The van der Waals surface area contributed by atoms with Crippen molar-refractivity contribution in [1.82, 2.24) is 15.3 Å². The fraction of sp³-hybridized carbons (Fsp3) is 0.0833. The second-order valence-electron chi connectivity index (χ2n) is 3.84. The highest BCUT2D eigenvalue weighted by atomic mass is 79.9. The Kier molecular flexibility index (Phi) is 4.36. The summed E-state index contributed by atoms with van der Waals surface area (Å²) in [6.45, 7) is 0.220. The van der Waals surface area contributed by atoms with E-state index < -0.39 is 12.0 Å². The minimum atomic E-state index is -1.12. The molecule has 2 amide bonds. The number of nitrogens with zero attached hydrogens (tertiary/aromatic N) is 1. The van der Waals surface area contributed by atoms with Crippen LogP contribution in [0.5, 0.6) is 0 Å². The average Bonchev–Trinajstić information content (AvgIpc) is 2.91. The molecule has 8 heteroatoms. The Bertz CT molecular complexity index is 628. The number of carboxylic acid groups (broad SMARTS) is 1. The van der Waals surface area contributed by atoms with Gasteiger partial charge in [0.2, 0.25) is 0 Å². The number of benzene rings is 1. The summed E-state index contributed by atoms with van der Waals surface area (Å²) in [6.07, 6.45) is 3.22. The number of halogens is 1. The van der Waals surface area contributed by atoms with E-state index >= 15 is 0 Å². The van der Waals surface area contributed by atoms with Crippen LogP contribution in [0, 0.1) is 0 Å². The van der Waals surface area contributed by atoms with Crippen LogP contribution in [0.25, 0.3) is 0 Å². The second-order valence-corrected chi connectivity index (χ2v) is 4.75. The predicted octanol–water partition coefficient (Wildman–Crippen LogP) is 2.19. The summed E-state index contributed by atoms with van der Waals surface area (Å²) >= 11 is 3.18. The van der Waals surface area contributed by atoms with Gasteiger partial charge in [-0.05, 0) is 18.2 Å². The third-order valence-corrected chi connectivity index (χ3v) is 2.92. The van der Waals surface area contributed by atoms with Gasteiger partial charge < -0.3 is 20.7 Å². The zero-order valence-electron chi connectivity index (χ0n) is 10.2. The third kappa shape index (κ3) is 3.58. The number of anilines is 1. The standard InChI is InChI=1S/C12H11BrN4O3/c13-7-1-2-9(8(5-7)11(18)19)17-12(20)16-6-10-14-3-4-15-10/h1-5H,6H2,(H,14,15)(H,18,19)(H2,16,17,20). The third-order valence-electron chi connectivity index (χ3n) is 2.43. The van der Waals surface area contributed by atoms with Crippen molar-refractivity contribution in [2.45, 2.75) is 6.54 Å². The van der Waals surface area contributed by atoms with Gasteiger partial charge in [-0.15, -0.1) is 0 Å².